The highest BCUT2D eigenvalue weighted by Crippen LogP contribution is 2.15. The van der Waals surface area contributed by atoms with Crippen molar-refractivity contribution in [2.24, 2.45) is 5.73 Å². The van der Waals surface area contributed by atoms with Gasteiger partial charge in [0.05, 0.1) is 6.04 Å². The first kappa shape index (κ1) is 9.29. The van der Waals surface area contributed by atoms with Crippen LogP contribution in [0.3, 0.4) is 0 Å². The molecule has 1 aromatic rings. The maximum absolute atomic E-state index is 5.86. The van der Waals surface area contributed by atoms with E-state index in [2.05, 4.69) is 5.32 Å². The zero-order valence-corrected chi connectivity index (χ0v) is 7.63. The predicted molar refractivity (Wildman–Crippen MR) is 48.9 cm³/mol. The smallest absolute Gasteiger partial charge is 0.120 e. The van der Waals surface area contributed by atoms with Gasteiger partial charge in [-0.05, 0) is 39.1 Å². The van der Waals surface area contributed by atoms with Crippen LogP contribution in [0.4, 0.5) is 0 Å². The number of hydrogen-bond acceptors (Lipinski definition) is 3. The lowest BCUT2D eigenvalue weighted by atomic mass is 10.2. The lowest BCUT2D eigenvalue weighted by molar-refractivity contribution is 0.432. The van der Waals surface area contributed by atoms with Crippen LogP contribution < -0.4 is 11.1 Å². The molecule has 12 heavy (non-hydrogen) atoms. The molecule has 0 aliphatic heterocycles. The zero-order valence-electron chi connectivity index (χ0n) is 7.63. The fourth-order valence-corrected chi connectivity index (χ4v) is 1.09. The second-order valence-corrected chi connectivity index (χ2v) is 2.95. The fraction of sp³-hybridized carbons (Fsp3) is 0.556. The van der Waals surface area contributed by atoms with Crippen molar-refractivity contribution in [1.82, 2.24) is 5.32 Å². The van der Waals surface area contributed by atoms with E-state index in [1.807, 2.05) is 26.1 Å². The third-order valence-electron chi connectivity index (χ3n) is 1.83. The second kappa shape index (κ2) is 4.28. The molecule has 0 saturated carbocycles. The van der Waals surface area contributed by atoms with E-state index in [9.17, 15) is 0 Å². The topological polar surface area (TPSA) is 51.2 Å². The van der Waals surface area contributed by atoms with Crippen LogP contribution in [0.25, 0.3) is 0 Å². The highest BCUT2D eigenvalue weighted by atomic mass is 16.3. The van der Waals surface area contributed by atoms with E-state index in [0.29, 0.717) is 0 Å². The summed E-state index contributed by atoms with van der Waals surface area (Å²) in [5, 5.41) is 3.05. The Kier molecular flexibility index (Phi) is 3.31. The summed E-state index contributed by atoms with van der Waals surface area (Å²) in [7, 11) is 1.92. The maximum atomic E-state index is 5.86. The van der Waals surface area contributed by atoms with Gasteiger partial charge in [0.2, 0.25) is 0 Å². The summed E-state index contributed by atoms with van der Waals surface area (Å²) in [4.78, 5) is 0. The summed E-state index contributed by atoms with van der Waals surface area (Å²) in [5.41, 5.74) is 5.86. The summed E-state index contributed by atoms with van der Waals surface area (Å²) < 4.78 is 5.39. The van der Waals surface area contributed by atoms with E-state index in [1.54, 1.807) is 0 Å². The highest BCUT2D eigenvalue weighted by Gasteiger charge is 2.08. The minimum atomic E-state index is 0.0196. The summed E-state index contributed by atoms with van der Waals surface area (Å²) in [6.07, 6.45) is 0.906. The highest BCUT2D eigenvalue weighted by molar-refractivity contribution is 5.08. The van der Waals surface area contributed by atoms with Gasteiger partial charge < -0.3 is 15.5 Å². The average molecular weight is 168 g/mol. The van der Waals surface area contributed by atoms with E-state index in [4.69, 9.17) is 10.2 Å². The molecule has 0 saturated heterocycles. The monoisotopic (exact) mass is 168 g/mol. The van der Waals surface area contributed by atoms with Gasteiger partial charge in [-0.1, -0.05) is 0 Å². The number of nitrogens with one attached hydrogen (secondary N) is 1. The largest absolute Gasteiger partial charge is 0.465 e. The number of furan rings is 1. The van der Waals surface area contributed by atoms with Gasteiger partial charge in [-0.3, -0.25) is 0 Å². The van der Waals surface area contributed by atoms with E-state index < -0.39 is 0 Å². The Morgan fingerprint density at radius 2 is 2.33 bits per heavy atom. The van der Waals surface area contributed by atoms with Crippen LogP contribution in [0.2, 0.25) is 0 Å². The molecule has 0 fully saturated rings. The van der Waals surface area contributed by atoms with Crippen LogP contribution in [0.1, 0.15) is 24.0 Å². The van der Waals surface area contributed by atoms with Gasteiger partial charge in [0.25, 0.3) is 0 Å². The zero-order chi connectivity index (χ0) is 8.97. The van der Waals surface area contributed by atoms with Crippen LogP contribution in [0, 0.1) is 6.92 Å². The van der Waals surface area contributed by atoms with Crippen molar-refractivity contribution in [3.8, 4) is 0 Å². The van der Waals surface area contributed by atoms with Gasteiger partial charge in [-0.2, -0.15) is 0 Å². The van der Waals surface area contributed by atoms with Gasteiger partial charge in [0, 0.05) is 0 Å². The predicted octanol–water partition coefficient (Wildman–Crippen LogP) is 1.20. The van der Waals surface area contributed by atoms with Crippen molar-refractivity contribution in [2.45, 2.75) is 19.4 Å². The summed E-state index contributed by atoms with van der Waals surface area (Å²) in [5.74, 6) is 1.80. The number of aryl methyl sites for hydroxylation is 1. The first-order chi connectivity index (χ1) is 5.74. The van der Waals surface area contributed by atoms with Crippen molar-refractivity contribution in [3.63, 3.8) is 0 Å². The van der Waals surface area contributed by atoms with Gasteiger partial charge in [0.1, 0.15) is 11.5 Å². The fourth-order valence-electron chi connectivity index (χ4n) is 1.09. The van der Waals surface area contributed by atoms with Crippen LogP contribution in [-0.2, 0) is 0 Å². The molecule has 0 aliphatic rings. The van der Waals surface area contributed by atoms with Crippen molar-refractivity contribution in [3.05, 3.63) is 23.7 Å². The molecular formula is C9H16N2O. The molecule has 3 nitrogen and oxygen atoms in total. The minimum absolute atomic E-state index is 0.0196. The number of nitrogens with two attached hydrogens (primary N) is 1. The molecule has 0 aliphatic carbocycles. The van der Waals surface area contributed by atoms with E-state index in [0.717, 1.165) is 24.5 Å². The number of rotatable bonds is 4. The van der Waals surface area contributed by atoms with E-state index in [-0.39, 0.29) is 6.04 Å². The normalized spacial score (nSPS) is 13.2. The Hall–Kier alpha value is -0.800. The van der Waals surface area contributed by atoms with Crippen LogP contribution >= 0.6 is 0 Å². The lowest BCUT2D eigenvalue weighted by Gasteiger charge is -2.07. The standard InChI is InChI=1S/C9H16N2O/c1-7-3-4-9(12-7)8(10)5-6-11-2/h3-4,8,11H,5-6,10H2,1-2H3. The molecule has 3 heteroatoms. The van der Waals surface area contributed by atoms with Gasteiger partial charge >= 0.3 is 0 Å². The minimum Gasteiger partial charge on any atom is -0.465 e. The first-order valence-electron chi connectivity index (χ1n) is 4.20. The average Bonchev–Trinajstić information content (AvgIpc) is 2.47. The van der Waals surface area contributed by atoms with Gasteiger partial charge in [-0.15, -0.1) is 0 Å². The van der Waals surface area contributed by atoms with Crippen molar-refractivity contribution in [1.29, 1.82) is 0 Å². The Morgan fingerprint density at radius 3 is 2.83 bits per heavy atom. The summed E-state index contributed by atoms with van der Waals surface area (Å²) in [6, 6.07) is 3.90. The van der Waals surface area contributed by atoms with Crippen LogP contribution in [0.15, 0.2) is 16.5 Å². The molecule has 1 aromatic heterocycles. The molecule has 0 amide bonds. The molecule has 0 aromatic carbocycles. The third kappa shape index (κ3) is 2.36. The van der Waals surface area contributed by atoms with Crippen molar-refractivity contribution >= 4 is 0 Å². The molecule has 1 heterocycles. The van der Waals surface area contributed by atoms with E-state index >= 15 is 0 Å². The molecule has 68 valence electrons. The molecule has 0 bridgehead atoms. The second-order valence-electron chi connectivity index (χ2n) is 2.95. The SMILES string of the molecule is CNCCC(N)c1ccc(C)o1. The van der Waals surface area contributed by atoms with Crippen molar-refractivity contribution < 1.29 is 4.42 Å². The molecule has 3 N–H and O–H groups in total. The quantitative estimate of drug-likeness (QED) is 0.710. The Balaban J connectivity index is 2.47. The first-order valence-corrected chi connectivity index (χ1v) is 4.20. The van der Waals surface area contributed by atoms with E-state index in [1.165, 1.54) is 0 Å². The molecule has 1 atom stereocenters. The number of hydrogen-bond donors (Lipinski definition) is 2. The molecule has 1 unspecified atom stereocenters. The Morgan fingerprint density at radius 1 is 1.58 bits per heavy atom. The lowest BCUT2D eigenvalue weighted by Crippen LogP contribution is -2.17. The Bertz CT molecular complexity index is 232. The van der Waals surface area contributed by atoms with Crippen molar-refractivity contribution in [2.75, 3.05) is 13.6 Å². The van der Waals surface area contributed by atoms with Crippen LogP contribution in [-0.4, -0.2) is 13.6 Å². The molecule has 1 rings (SSSR count). The molecule has 0 spiro atoms. The summed E-state index contributed by atoms with van der Waals surface area (Å²) >= 11 is 0. The van der Waals surface area contributed by atoms with Gasteiger partial charge in [0.15, 0.2) is 0 Å². The van der Waals surface area contributed by atoms with Crippen LogP contribution in [0.5, 0.6) is 0 Å². The summed E-state index contributed by atoms with van der Waals surface area (Å²) in [6.45, 7) is 2.84. The Labute approximate surface area is 72.9 Å². The van der Waals surface area contributed by atoms with Gasteiger partial charge in [-0.25, -0.2) is 0 Å². The maximum Gasteiger partial charge on any atom is 0.120 e. The molecular weight excluding hydrogens is 152 g/mol. The third-order valence-corrected chi connectivity index (χ3v) is 1.83. The molecule has 0 radical (unpaired) electrons.